The Kier molecular flexibility index (Phi) is 4.60. The van der Waals surface area contributed by atoms with Crippen molar-refractivity contribution in [2.75, 3.05) is 12.8 Å². The van der Waals surface area contributed by atoms with Crippen molar-refractivity contribution in [3.63, 3.8) is 0 Å². The maximum absolute atomic E-state index is 12.5. The molecule has 1 N–H and O–H groups in total. The zero-order valence-electron chi connectivity index (χ0n) is 13.9. The minimum atomic E-state index is -3.37. The Morgan fingerprint density at radius 1 is 1.21 bits per heavy atom. The first-order valence-corrected chi connectivity index (χ1v) is 9.99. The number of carbonyl (C=O) groups excluding carboxylic acids is 1. The molecule has 0 bridgehead atoms. The van der Waals surface area contributed by atoms with Crippen molar-refractivity contribution in [2.45, 2.75) is 31.8 Å². The van der Waals surface area contributed by atoms with Crippen molar-refractivity contribution >= 4 is 26.7 Å². The Balaban J connectivity index is 1.83. The second-order valence-corrected chi connectivity index (χ2v) is 8.24. The Bertz CT molecular complexity index is 859. The number of nitrogens with zero attached hydrogens (tertiary/aromatic N) is 1. The number of hydrogen-bond donors (Lipinski definition) is 1. The first kappa shape index (κ1) is 16.9. The third-order valence-electron chi connectivity index (χ3n) is 4.39. The molecule has 2 aromatic carbocycles. The molecule has 1 aliphatic rings. The van der Waals surface area contributed by atoms with Crippen LogP contribution in [0, 0.1) is 0 Å². The second kappa shape index (κ2) is 6.53. The lowest BCUT2D eigenvalue weighted by molar-refractivity contribution is -0.132. The zero-order chi connectivity index (χ0) is 17.3. The number of rotatable bonds is 6. The number of hydrogen-bond acceptors (Lipinski definition) is 3. The smallest absolute Gasteiger partial charge is 0.238 e. The molecule has 0 aliphatic heterocycles. The van der Waals surface area contributed by atoms with E-state index in [2.05, 4.69) is 29.0 Å². The van der Waals surface area contributed by atoms with Gasteiger partial charge in [0.15, 0.2) is 0 Å². The van der Waals surface area contributed by atoms with E-state index < -0.39 is 10.0 Å². The molecule has 0 spiro atoms. The molecule has 6 heteroatoms. The summed E-state index contributed by atoms with van der Waals surface area (Å²) in [6.45, 7) is 1.81. The van der Waals surface area contributed by atoms with Crippen LogP contribution in [0.3, 0.4) is 0 Å². The maximum atomic E-state index is 12.5. The molecular weight excluding hydrogens is 324 g/mol. The lowest BCUT2D eigenvalue weighted by Gasteiger charge is -2.30. The van der Waals surface area contributed by atoms with Gasteiger partial charge in [0.2, 0.25) is 15.9 Å². The first-order chi connectivity index (χ1) is 11.3. The minimum Gasteiger partial charge on any atom is -0.332 e. The van der Waals surface area contributed by atoms with Crippen molar-refractivity contribution in [3.05, 3.63) is 48.0 Å². The fourth-order valence-corrected chi connectivity index (χ4v) is 3.39. The number of carbonyl (C=O) groups is 1. The van der Waals surface area contributed by atoms with Crippen LogP contribution in [0.5, 0.6) is 0 Å². The van der Waals surface area contributed by atoms with Crippen LogP contribution in [-0.4, -0.2) is 38.1 Å². The average Bonchev–Trinajstić information content (AvgIpc) is 3.36. The highest BCUT2D eigenvalue weighted by atomic mass is 32.2. The number of sulfonamides is 1. The first-order valence-electron chi connectivity index (χ1n) is 8.09. The summed E-state index contributed by atoms with van der Waals surface area (Å²) in [5.41, 5.74) is 1.06. The molecule has 0 aromatic heterocycles. The van der Waals surface area contributed by atoms with Gasteiger partial charge in [0.05, 0.1) is 18.8 Å². The SMILES string of the molecule is C[C@H](c1ccc2ccccc2c1)N(C(=O)CNS(C)(=O)=O)C1CC1. The van der Waals surface area contributed by atoms with Gasteiger partial charge in [0.25, 0.3) is 0 Å². The monoisotopic (exact) mass is 346 g/mol. The molecule has 1 aliphatic carbocycles. The average molecular weight is 346 g/mol. The summed E-state index contributed by atoms with van der Waals surface area (Å²) >= 11 is 0. The number of fused-ring (bicyclic) bond motifs is 1. The van der Waals surface area contributed by atoms with Crippen molar-refractivity contribution < 1.29 is 13.2 Å². The van der Waals surface area contributed by atoms with Gasteiger partial charge in [-0.2, -0.15) is 0 Å². The van der Waals surface area contributed by atoms with Crippen LogP contribution in [0.1, 0.15) is 31.4 Å². The predicted molar refractivity (Wildman–Crippen MR) is 95.1 cm³/mol. The number of nitrogens with one attached hydrogen (secondary N) is 1. The number of benzene rings is 2. The van der Waals surface area contributed by atoms with Gasteiger partial charge >= 0.3 is 0 Å². The highest BCUT2D eigenvalue weighted by molar-refractivity contribution is 7.88. The van der Waals surface area contributed by atoms with Gasteiger partial charge in [0.1, 0.15) is 0 Å². The fourth-order valence-electron chi connectivity index (χ4n) is 3.00. The molecule has 2 aromatic rings. The number of amides is 1. The van der Waals surface area contributed by atoms with Crippen LogP contribution >= 0.6 is 0 Å². The summed E-state index contributed by atoms with van der Waals surface area (Å²) in [4.78, 5) is 14.4. The molecule has 1 fully saturated rings. The van der Waals surface area contributed by atoms with Crippen LogP contribution in [0.2, 0.25) is 0 Å². The molecule has 0 heterocycles. The van der Waals surface area contributed by atoms with E-state index in [4.69, 9.17) is 0 Å². The maximum Gasteiger partial charge on any atom is 0.238 e. The van der Waals surface area contributed by atoms with Crippen molar-refractivity contribution in [3.8, 4) is 0 Å². The highest BCUT2D eigenvalue weighted by Gasteiger charge is 2.36. The Morgan fingerprint density at radius 3 is 2.50 bits per heavy atom. The highest BCUT2D eigenvalue weighted by Crippen LogP contribution is 2.35. The Labute approximate surface area is 142 Å². The van der Waals surface area contributed by atoms with Gasteiger partial charge in [-0.1, -0.05) is 36.4 Å². The topological polar surface area (TPSA) is 66.5 Å². The molecule has 0 unspecified atom stereocenters. The van der Waals surface area contributed by atoms with E-state index in [1.165, 1.54) is 0 Å². The van der Waals surface area contributed by atoms with Crippen LogP contribution in [0.25, 0.3) is 10.8 Å². The molecule has 3 rings (SSSR count). The van der Waals surface area contributed by atoms with E-state index in [0.29, 0.717) is 0 Å². The minimum absolute atomic E-state index is 0.0871. The molecular formula is C18H22N2O3S. The molecule has 0 radical (unpaired) electrons. The summed E-state index contributed by atoms with van der Waals surface area (Å²) < 4.78 is 24.8. The Hall–Kier alpha value is -1.92. The van der Waals surface area contributed by atoms with E-state index in [0.717, 1.165) is 35.4 Å². The van der Waals surface area contributed by atoms with Crippen LogP contribution in [-0.2, 0) is 14.8 Å². The van der Waals surface area contributed by atoms with E-state index >= 15 is 0 Å². The predicted octanol–water partition coefficient (Wildman–Crippen LogP) is 2.44. The van der Waals surface area contributed by atoms with E-state index in [9.17, 15) is 13.2 Å². The lowest BCUT2D eigenvalue weighted by atomic mass is 10.0. The van der Waals surface area contributed by atoms with E-state index in [1.54, 1.807) is 0 Å². The fraction of sp³-hybridized carbons (Fsp3) is 0.389. The molecule has 128 valence electrons. The summed E-state index contributed by atoms with van der Waals surface area (Å²) in [7, 11) is -3.37. The van der Waals surface area contributed by atoms with Gasteiger partial charge < -0.3 is 4.90 Å². The van der Waals surface area contributed by atoms with E-state index in [1.807, 2.05) is 30.0 Å². The normalized spacial score (nSPS) is 16.1. The summed E-state index contributed by atoms with van der Waals surface area (Å²) in [5, 5.41) is 2.30. The third-order valence-corrected chi connectivity index (χ3v) is 5.06. The van der Waals surface area contributed by atoms with Crippen LogP contribution in [0.4, 0.5) is 0 Å². The van der Waals surface area contributed by atoms with Gasteiger partial charge in [-0.25, -0.2) is 13.1 Å². The molecule has 5 nitrogen and oxygen atoms in total. The molecule has 1 saturated carbocycles. The zero-order valence-corrected chi connectivity index (χ0v) is 14.7. The summed E-state index contributed by atoms with van der Waals surface area (Å²) in [6.07, 6.45) is 3.01. The molecule has 0 saturated heterocycles. The summed E-state index contributed by atoms with van der Waals surface area (Å²) in [5.74, 6) is -0.177. The Morgan fingerprint density at radius 2 is 1.88 bits per heavy atom. The largest absolute Gasteiger partial charge is 0.332 e. The molecule has 1 atom stereocenters. The standard InChI is InChI=1S/C18H22N2O3S/c1-13(15-8-7-14-5-3-4-6-16(14)11-15)20(17-9-10-17)18(21)12-19-24(2,22)23/h3-8,11,13,17,19H,9-10,12H2,1-2H3/t13-/m1/s1. The van der Waals surface area contributed by atoms with Gasteiger partial charge in [0, 0.05) is 6.04 Å². The van der Waals surface area contributed by atoms with Crippen LogP contribution in [0.15, 0.2) is 42.5 Å². The van der Waals surface area contributed by atoms with E-state index in [-0.39, 0.29) is 24.5 Å². The van der Waals surface area contributed by atoms with Crippen molar-refractivity contribution in [1.82, 2.24) is 9.62 Å². The van der Waals surface area contributed by atoms with Crippen molar-refractivity contribution in [1.29, 1.82) is 0 Å². The van der Waals surface area contributed by atoms with Crippen molar-refractivity contribution in [2.24, 2.45) is 0 Å². The van der Waals surface area contributed by atoms with Gasteiger partial charge in [-0.3, -0.25) is 4.79 Å². The molecule has 24 heavy (non-hydrogen) atoms. The van der Waals surface area contributed by atoms with Gasteiger partial charge in [-0.05, 0) is 42.2 Å². The summed E-state index contributed by atoms with van der Waals surface area (Å²) in [6, 6.07) is 14.4. The quantitative estimate of drug-likeness (QED) is 0.874. The molecule has 1 amide bonds. The van der Waals surface area contributed by atoms with Crippen LogP contribution < -0.4 is 4.72 Å². The third kappa shape index (κ3) is 3.94. The van der Waals surface area contributed by atoms with Gasteiger partial charge in [-0.15, -0.1) is 0 Å². The lowest BCUT2D eigenvalue weighted by Crippen LogP contribution is -2.42. The second-order valence-electron chi connectivity index (χ2n) is 6.41.